The standard InChI is InChI=1S/C20H28N5O6.Fm/c1-20(2,19(30)31)8-14(21)7-13-3-5-15(6-4-13)25-18(29)11-24-17(28)10-23-16(27)9-22-12-26;/h3-6,14H,7-11,21H2,1-2H3,(H,22,26)(H,23,27)(H,24,28)(H,25,29)(H,30,31);/q-1;. The largest absolute Gasteiger partial charge is 0.522 e. The number of nitrogens with one attached hydrogen (secondary N) is 4. The van der Waals surface area contributed by atoms with E-state index >= 15 is 0 Å². The van der Waals surface area contributed by atoms with E-state index in [0.717, 1.165) is 5.56 Å². The van der Waals surface area contributed by atoms with Crippen molar-refractivity contribution in [3.8, 4) is 0 Å². The number of rotatable bonds is 13. The molecule has 0 heterocycles. The van der Waals surface area contributed by atoms with Gasteiger partial charge in [0.15, 0.2) is 0 Å². The van der Waals surface area contributed by atoms with Crippen LogP contribution in [0.25, 0.3) is 0 Å². The molecule has 12 heteroatoms. The van der Waals surface area contributed by atoms with Gasteiger partial charge in [0.1, 0.15) is 0 Å². The molecule has 1 aromatic rings. The number of benzene rings is 1. The monoisotopic (exact) mass is 691 g/mol. The van der Waals surface area contributed by atoms with Crippen LogP contribution in [-0.4, -0.2) is 60.9 Å². The molecule has 0 saturated carbocycles. The third kappa shape index (κ3) is 10.3. The molecule has 1 unspecified atom stereocenters. The number of carboxylic acids is 1. The molecule has 4 amide bonds. The minimum Gasteiger partial charge on any atom is -0.522 e. The van der Waals surface area contributed by atoms with Crippen molar-refractivity contribution in [3.05, 3.63) is 29.8 Å². The van der Waals surface area contributed by atoms with E-state index < -0.39 is 29.1 Å². The molecular weight excluding hydrogens is 663 g/mol. The molecule has 7 N–H and O–H groups in total. The van der Waals surface area contributed by atoms with Gasteiger partial charge in [-0.1, -0.05) is 12.1 Å². The Bertz CT molecular complexity index is 800. The summed E-state index contributed by atoms with van der Waals surface area (Å²) in [6.07, 6.45) is 2.15. The molecule has 0 aromatic heterocycles. The normalized spacial score (nSPS) is 11.3. The van der Waals surface area contributed by atoms with Crippen molar-refractivity contribution in [1.82, 2.24) is 16.0 Å². The van der Waals surface area contributed by atoms with Crippen molar-refractivity contribution >= 4 is 35.8 Å². The zero-order valence-corrected chi connectivity index (χ0v) is 20.2. The van der Waals surface area contributed by atoms with Gasteiger partial charge < -0.3 is 36.9 Å². The smallest absolute Gasteiger partial charge is 0.309 e. The number of anilines is 1. The number of hydrogen-bond acceptors (Lipinski definition) is 6. The van der Waals surface area contributed by atoms with Crippen LogP contribution in [0, 0.1) is 5.41 Å². The molecular formula is C20H28FmN5O6-. The Morgan fingerprint density at radius 1 is 1.00 bits per heavy atom. The van der Waals surface area contributed by atoms with Crippen molar-refractivity contribution in [2.24, 2.45) is 11.1 Å². The van der Waals surface area contributed by atoms with E-state index in [4.69, 9.17) is 5.73 Å². The number of carboxylic acid groups (broad SMARTS) is 1. The SMILES string of the molecule is CC(C)(CC(N)Cc1ccc(NC(=O)CNC(=O)CNC(=O)CN[C-]=O)cc1)C(=O)O.[Fm]. The van der Waals surface area contributed by atoms with E-state index in [1.165, 1.54) is 6.41 Å². The Balaban J connectivity index is 0.00000961. The van der Waals surface area contributed by atoms with Crippen LogP contribution in [-0.2, 0) is 30.4 Å². The van der Waals surface area contributed by atoms with Gasteiger partial charge in [0.25, 0.3) is 0 Å². The van der Waals surface area contributed by atoms with Gasteiger partial charge in [0.05, 0.1) is 25.0 Å². The van der Waals surface area contributed by atoms with Crippen LogP contribution < -0.4 is 27.0 Å². The maximum Gasteiger partial charge on any atom is 0.309 e. The topological polar surface area (TPSA) is 180 Å². The van der Waals surface area contributed by atoms with E-state index in [-0.39, 0.29) is 25.7 Å². The van der Waals surface area contributed by atoms with Crippen LogP contribution >= 0.6 is 0 Å². The third-order valence-electron chi connectivity index (χ3n) is 4.30. The quantitative estimate of drug-likeness (QED) is 0.112. The molecule has 1 atom stereocenters. The van der Waals surface area contributed by atoms with E-state index in [1.807, 2.05) is 5.32 Å². The Labute approximate surface area is 180 Å². The van der Waals surface area contributed by atoms with Crippen molar-refractivity contribution in [2.45, 2.75) is 32.7 Å². The van der Waals surface area contributed by atoms with E-state index in [2.05, 4.69) is 16.0 Å². The van der Waals surface area contributed by atoms with Crippen LogP contribution in [0.3, 0.4) is 0 Å². The summed E-state index contributed by atoms with van der Waals surface area (Å²) in [5.74, 6) is -2.48. The molecule has 0 aliphatic heterocycles. The summed E-state index contributed by atoms with van der Waals surface area (Å²) in [4.78, 5) is 55.9. The zero-order chi connectivity index (χ0) is 23.4. The van der Waals surface area contributed by atoms with Gasteiger partial charge in [-0.2, -0.15) is 6.41 Å². The average Bonchev–Trinajstić information content (AvgIpc) is 2.70. The first kappa shape index (κ1) is 27.5. The Morgan fingerprint density at radius 3 is 2.06 bits per heavy atom. The second-order valence-electron chi connectivity index (χ2n) is 7.61. The first-order valence-corrected chi connectivity index (χ1v) is 9.54. The number of aliphatic carboxylic acids is 1. The van der Waals surface area contributed by atoms with Gasteiger partial charge in [-0.25, -0.2) is 0 Å². The third-order valence-corrected chi connectivity index (χ3v) is 4.30. The van der Waals surface area contributed by atoms with Crippen molar-refractivity contribution in [1.29, 1.82) is 0 Å². The summed E-state index contributed by atoms with van der Waals surface area (Å²) in [5.41, 5.74) is 6.57. The fourth-order valence-electron chi connectivity index (χ4n) is 2.65. The van der Waals surface area contributed by atoms with Crippen LogP contribution in [0.15, 0.2) is 24.3 Å². The first-order chi connectivity index (χ1) is 14.5. The van der Waals surface area contributed by atoms with Gasteiger partial charge >= 0.3 is 5.97 Å². The molecule has 0 bridgehead atoms. The zero-order valence-electron chi connectivity index (χ0n) is 17.8. The van der Waals surface area contributed by atoms with Crippen molar-refractivity contribution < 1.29 is 29.1 Å². The van der Waals surface area contributed by atoms with Crippen molar-refractivity contribution in [3.63, 3.8) is 0 Å². The number of amides is 4. The molecule has 0 radical (unpaired) electrons. The molecule has 1 aromatic carbocycles. The van der Waals surface area contributed by atoms with E-state index in [9.17, 15) is 29.1 Å². The number of nitrogens with two attached hydrogens (primary N) is 1. The molecule has 182 valence electrons. The summed E-state index contributed by atoms with van der Waals surface area (Å²) in [5, 5.41) is 18.5. The summed E-state index contributed by atoms with van der Waals surface area (Å²) in [6, 6.07) is 6.60. The van der Waals surface area contributed by atoms with Crippen LogP contribution in [0.5, 0.6) is 0 Å². The van der Waals surface area contributed by atoms with Gasteiger partial charge in [-0.15, -0.1) is 0 Å². The fraction of sp³-hybridized carbons (Fsp3) is 0.450. The summed E-state index contributed by atoms with van der Waals surface area (Å²) in [6.45, 7) is 2.34. The summed E-state index contributed by atoms with van der Waals surface area (Å²) in [7, 11) is 0. The minimum atomic E-state index is -0.911. The van der Waals surface area contributed by atoms with Crippen LogP contribution in [0.4, 0.5) is 5.69 Å². The maximum absolute atomic E-state index is 11.9. The van der Waals surface area contributed by atoms with Crippen molar-refractivity contribution in [2.75, 3.05) is 25.0 Å². The summed E-state index contributed by atoms with van der Waals surface area (Å²) >= 11 is 0. The van der Waals surface area contributed by atoms with Crippen LogP contribution in [0.1, 0.15) is 25.8 Å². The predicted octanol–water partition coefficient (Wildman–Crippen LogP) is -1.11. The van der Waals surface area contributed by atoms with E-state index in [0.29, 0.717) is 18.5 Å². The second-order valence-corrected chi connectivity index (χ2v) is 7.61. The number of hydrogen-bond donors (Lipinski definition) is 6. The molecule has 0 spiro atoms. The molecule has 0 aliphatic carbocycles. The molecule has 1 rings (SSSR count). The molecule has 11 nitrogen and oxygen atoms in total. The molecule has 0 saturated heterocycles. The first-order valence-electron chi connectivity index (χ1n) is 9.54. The van der Waals surface area contributed by atoms with Gasteiger partial charge in [-0.05, 0) is 44.4 Å². The fourth-order valence-corrected chi connectivity index (χ4v) is 2.65. The molecule has 0 fully saturated rings. The maximum atomic E-state index is 11.9. The average molecular weight is 691 g/mol. The second kappa shape index (κ2) is 13.0. The van der Waals surface area contributed by atoms with Gasteiger partial charge in [0.2, 0.25) is 17.7 Å². The van der Waals surface area contributed by atoms with Gasteiger partial charge in [-0.3, -0.25) is 19.2 Å². The predicted molar refractivity (Wildman–Crippen MR) is 113 cm³/mol. The number of carbonyl (C=O) groups excluding carboxylic acids is 4. The van der Waals surface area contributed by atoms with Crippen LogP contribution in [0.2, 0.25) is 0 Å². The molecule has 0 aliphatic rings. The molecule has 32 heavy (non-hydrogen) atoms. The Morgan fingerprint density at radius 2 is 1.53 bits per heavy atom. The minimum absolute atomic E-state index is 0. The van der Waals surface area contributed by atoms with Gasteiger partial charge in [0, 0.05) is 11.7 Å². The Kier molecular flexibility index (Phi) is 11.1. The summed E-state index contributed by atoms with van der Waals surface area (Å²) < 4.78 is 0. The van der Waals surface area contributed by atoms with E-state index in [1.54, 1.807) is 38.1 Å². The number of carbonyl (C=O) groups is 4. The Hall–Kier alpha value is -4.47.